The summed E-state index contributed by atoms with van der Waals surface area (Å²) in [5.41, 5.74) is 2.06. The second-order valence-electron chi connectivity index (χ2n) is 8.49. The molecule has 1 aliphatic rings. The minimum absolute atomic E-state index is 0.0885. The molecule has 0 saturated heterocycles. The number of nitrogens with one attached hydrogen (secondary N) is 1. The molecular formula is C23H24N4O2S. The molecule has 0 saturated carbocycles. The molecule has 154 valence electrons. The van der Waals surface area contributed by atoms with Crippen LogP contribution in [0, 0.1) is 0 Å². The van der Waals surface area contributed by atoms with E-state index in [0.29, 0.717) is 10.7 Å². The van der Waals surface area contributed by atoms with Crippen molar-refractivity contribution in [2.45, 2.75) is 38.1 Å². The average Bonchev–Trinajstić information content (AvgIpc) is 3.20. The molecule has 2 heterocycles. The van der Waals surface area contributed by atoms with Gasteiger partial charge in [0.2, 0.25) is 11.0 Å². The standard InChI is InChI=1S/C23H24N4O2S/c1-23(2,3)21-25-26-22(30-21)24-19(28)17-15-12-8-9-13-16(15)20(29)27(4)18(17)14-10-6-5-7-11-14/h5-13,17-18H,1-4H3,(H,24,26,28)/t17-,18+/m1/s1. The van der Waals surface area contributed by atoms with Crippen LogP contribution in [0.1, 0.15) is 59.2 Å². The number of fused-ring (bicyclic) bond motifs is 1. The topological polar surface area (TPSA) is 75.2 Å². The molecule has 3 aromatic rings. The van der Waals surface area contributed by atoms with Crippen molar-refractivity contribution in [3.8, 4) is 0 Å². The van der Waals surface area contributed by atoms with E-state index in [2.05, 4.69) is 36.3 Å². The number of anilines is 1. The summed E-state index contributed by atoms with van der Waals surface area (Å²) in [7, 11) is 1.75. The Bertz CT molecular complexity index is 1090. The van der Waals surface area contributed by atoms with Gasteiger partial charge in [0.15, 0.2) is 0 Å². The molecule has 0 fully saturated rings. The first kappa shape index (κ1) is 20.2. The number of likely N-dealkylation sites (N-methyl/N-ethyl adjacent to an activating group) is 1. The highest BCUT2D eigenvalue weighted by Crippen LogP contribution is 2.42. The lowest BCUT2D eigenvalue weighted by atomic mass is 9.79. The van der Waals surface area contributed by atoms with Crippen LogP contribution in [0.4, 0.5) is 5.13 Å². The third-order valence-electron chi connectivity index (χ3n) is 5.30. The Morgan fingerprint density at radius 3 is 2.37 bits per heavy atom. The summed E-state index contributed by atoms with van der Waals surface area (Å²) in [5.74, 6) is -0.852. The van der Waals surface area contributed by atoms with Crippen LogP contribution in [-0.2, 0) is 10.2 Å². The molecule has 2 aromatic carbocycles. The average molecular weight is 421 g/mol. The van der Waals surface area contributed by atoms with Crippen LogP contribution >= 0.6 is 11.3 Å². The van der Waals surface area contributed by atoms with E-state index >= 15 is 0 Å². The molecule has 1 aromatic heterocycles. The van der Waals surface area contributed by atoms with Gasteiger partial charge >= 0.3 is 0 Å². The van der Waals surface area contributed by atoms with Gasteiger partial charge in [-0.1, -0.05) is 80.6 Å². The van der Waals surface area contributed by atoms with Crippen molar-refractivity contribution in [1.82, 2.24) is 15.1 Å². The van der Waals surface area contributed by atoms with E-state index in [4.69, 9.17) is 0 Å². The number of rotatable bonds is 3. The van der Waals surface area contributed by atoms with E-state index in [1.54, 1.807) is 18.0 Å². The van der Waals surface area contributed by atoms with Crippen molar-refractivity contribution in [3.05, 3.63) is 76.3 Å². The van der Waals surface area contributed by atoms with Crippen molar-refractivity contribution < 1.29 is 9.59 Å². The zero-order valence-electron chi connectivity index (χ0n) is 17.4. The lowest BCUT2D eigenvalue weighted by molar-refractivity contribution is -0.119. The minimum atomic E-state index is -0.562. The van der Waals surface area contributed by atoms with E-state index in [1.165, 1.54) is 11.3 Å². The van der Waals surface area contributed by atoms with Crippen LogP contribution < -0.4 is 5.32 Å². The summed E-state index contributed by atoms with van der Waals surface area (Å²) >= 11 is 1.38. The van der Waals surface area contributed by atoms with Crippen LogP contribution in [0.5, 0.6) is 0 Å². The van der Waals surface area contributed by atoms with Gasteiger partial charge in [-0.3, -0.25) is 14.9 Å². The van der Waals surface area contributed by atoms with Gasteiger partial charge in [0.05, 0.1) is 12.0 Å². The summed E-state index contributed by atoms with van der Waals surface area (Å²) in [6, 6.07) is 16.6. The molecule has 6 nitrogen and oxygen atoms in total. The van der Waals surface area contributed by atoms with Gasteiger partial charge in [0.1, 0.15) is 5.01 Å². The first-order valence-electron chi connectivity index (χ1n) is 9.83. The fourth-order valence-corrected chi connectivity index (χ4v) is 4.59. The lowest BCUT2D eigenvalue weighted by Gasteiger charge is -2.39. The zero-order chi connectivity index (χ0) is 21.5. The highest BCUT2D eigenvalue weighted by atomic mass is 32.1. The molecule has 0 aliphatic carbocycles. The Kier molecular flexibility index (Phi) is 5.15. The Hall–Kier alpha value is -3.06. The third kappa shape index (κ3) is 3.61. The molecular weight excluding hydrogens is 396 g/mol. The summed E-state index contributed by atoms with van der Waals surface area (Å²) in [6.45, 7) is 6.17. The normalized spacial score (nSPS) is 18.8. The number of aromatic nitrogens is 2. The Labute approximate surface area is 180 Å². The number of amides is 2. The predicted molar refractivity (Wildman–Crippen MR) is 118 cm³/mol. The smallest absolute Gasteiger partial charge is 0.254 e. The molecule has 4 rings (SSSR count). The maximum absolute atomic E-state index is 13.5. The number of hydrogen-bond donors (Lipinski definition) is 1. The van der Waals surface area contributed by atoms with E-state index in [9.17, 15) is 9.59 Å². The number of nitrogens with zero attached hydrogens (tertiary/aromatic N) is 3. The number of hydrogen-bond acceptors (Lipinski definition) is 5. The minimum Gasteiger partial charge on any atom is -0.334 e. The predicted octanol–water partition coefficient (Wildman–Crippen LogP) is 4.38. The Morgan fingerprint density at radius 1 is 1.03 bits per heavy atom. The maximum Gasteiger partial charge on any atom is 0.254 e. The van der Waals surface area contributed by atoms with Gasteiger partial charge in [-0.25, -0.2) is 0 Å². The largest absolute Gasteiger partial charge is 0.334 e. The van der Waals surface area contributed by atoms with Gasteiger partial charge in [-0.15, -0.1) is 10.2 Å². The Balaban J connectivity index is 1.75. The van der Waals surface area contributed by atoms with Crippen LogP contribution in [0.2, 0.25) is 0 Å². The number of carbonyl (C=O) groups is 2. The highest BCUT2D eigenvalue weighted by molar-refractivity contribution is 7.15. The monoisotopic (exact) mass is 420 g/mol. The molecule has 1 aliphatic heterocycles. The molecule has 7 heteroatoms. The molecule has 2 atom stereocenters. The summed E-state index contributed by atoms with van der Waals surface area (Å²) < 4.78 is 0. The van der Waals surface area contributed by atoms with Gasteiger partial charge in [-0.05, 0) is 17.2 Å². The fraction of sp³-hybridized carbons (Fsp3) is 0.304. The number of carbonyl (C=O) groups excluding carboxylic acids is 2. The van der Waals surface area contributed by atoms with Crippen molar-refractivity contribution >= 4 is 28.3 Å². The maximum atomic E-state index is 13.5. The zero-order valence-corrected chi connectivity index (χ0v) is 18.2. The third-order valence-corrected chi connectivity index (χ3v) is 6.56. The van der Waals surface area contributed by atoms with E-state index in [1.807, 2.05) is 48.5 Å². The first-order valence-corrected chi connectivity index (χ1v) is 10.6. The molecule has 0 unspecified atom stereocenters. The highest BCUT2D eigenvalue weighted by Gasteiger charge is 2.42. The second-order valence-corrected chi connectivity index (χ2v) is 9.47. The van der Waals surface area contributed by atoms with E-state index in [-0.39, 0.29) is 17.2 Å². The lowest BCUT2D eigenvalue weighted by Crippen LogP contribution is -2.44. The van der Waals surface area contributed by atoms with Crippen LogP contribution in [0.15, 0.2) is 54.6 Å². The molecule has 0 radical (unpaired) electrons. The molecule has 0 spiro atoms. The summed E-state index contributed by atoms with van der Waals surface area (Å²) in [6.07, 6.45) is 0. The second kappa shape index (κ2) is 7.65. The van der Waals surface area contributed by atoms with E-state index < -0.39 is 12.0 Å². The molecule has 30 heavy (non-hydrogen) atoms. The molecule has 0 bridgehead atoms. The van der Waals surface area contributed by atoms with Gasteiger partial charge in [-0.2, -0.15) is 0 Å². The molecule has 1 N–H and O–H groups in total. The van der Waals surface area contributed by atoms with Gasteiger partial charge in [0.25, 0.3) is 5.91 Å². The fourth-order valence-electron chi connectivity index (χ4n) is 3.78. The van der Waals surface area contributed by atoms with Crippen molar-refractivity contribution in [2.24, 2.45) is 0 Å². The van der Waals surface area contributed by atoms with Crippen molar-refractivity contribution in [3.63, 3.8) is 0 Å². The Morgan fingerprint density at radius 2 is 1.70 bits per heavy atom. The quantitative estimate of drug-likeness (QED) is 0.682. The van der Waals surface area contributed by atoms with Crippen LogP contribution in [0.25, 0.3) is 0 Å². The van der Waals surface area contributed by atoms with Crippen LogP contribution in [-0.4, -0.2) is 34.0 Å². The van der Waals surface area contributed by atoms with Crippen molar-refractivity contribution in [1.29, 1.82) is 0 Å². The first-order chi connectivity index (χ1) is 14.3. The SMILES string of the molecule is CN1C(=O)c2ccccc2[C@@H](C(=O)Nc2nnc(C(C)(C)C)s2)[C@@H]1c1ccccc1. The van der Waals surface area contributed by atoms with Crippen molar-refractivity contribution in [2.75, 3.05) is 12.4 Å². The van der Waals surface area contributed by atoms with Crippen LogP contribution in [0.3, 0.4) is 0 Å². The summed E-state index contributed by atoms with van der Waals surface area (Å²) in [4.78, 5) is 28.2. The molecule has 2 amide bonds. The summed E-state index contributed by atoms with van der Waals surface area (Å²) in [5, 5.41) is 12.7. The van der Waals surface area contributed by atoms with Gasteiger partial charge in [0, 0.05) is 18.0 Å². The van der Waals surface area contributed by atoms with E-state index in [0.717, 1.165) is 16.1 Å². The van der Waals surface area contributed by atoms with Gasteiger partial charge < -0.3 is 4.90 Å². The number of benzene rings is 2.